The maximum Gasteiger partial charge on any atom is 0.224 e. The number of carbonyl (C=O) groups is 1. The number of aromatic amines is 1. The van der Waals surface area contributed by atoms with Gasteiger partial charge in [0.05, 0.1) is 6.04 Å². The molecule has 1 aliphatic heterocycles. The summed E-state index contributed by atoms with van der Waals surface area (Å²) in [6.07, 6.45) is 4.49. The van der Waals surface area contributed by atoms with Crippen molar-refractivity contribution in [2.24, 2.45) is 5.73 Å². The lowest BCUT2D eigenvalue weighted by Crippen LogP contribution is -2.32. The van der Waals surface area contributed by atoms with Crippen molar-refractivity contribution < 1.29 is 4.79 Å². The fraction of sp³-hybridized carbons (Fsp3) is 0.545. The number of aromatic nitrogens is 1. The quantitative estimate of drug-likeness (QED) is 0.777. The molecule has 0 bridgehead atoms. The predicted octanol–water partition coefficient (Wildman–Crippen LogP) is 1.03. The van der Waals surface area contributed by atoms with E-state index in [1.165, 1.54) is 0 Å². The van der Waals surface area contributed by atoms with Crippen LogP contribution in [0.3, 0.4) is 0 Å². The normalized spacial score (nSPS) is 20.9. The SMILES string of the molecule is NCCC(=O)N1CCCC1c1ccc[nH]1. The van der Waals surface area contributed by atoms with Crippen molar-refractivity contribution in [1.29, 1.82) is 0 Å². The van der Waals surface area contributed by atoms with E-state index in [1.807, 2.05) is 23.2 Å². The number of rotatable bonds is 3. The Labute approximate surface area is 89.5 Å². The highest BCUT2D eigenvalue weighted by molar-refractivity contribution is 5.77. The summed E-state index contributed by atoms with van der Waals surface area (Å²) in [7, 11) is 0. The molecule has 0 saturated carbocycles. The number of nitrogens with zero attached hydrogens (tertiary/aromatic N) is 1. The molecule has 0 spiro atoms. The Bertz CT molecular complexity index is 321. The van der Waals surface area contributed by atoms with Gasteiger partial charge >= 0.3 is 0 Å². The summed E-state index contributed by atoms with van der Waals surface area (Å²) >= 11 is 0. The van der Waals surface area contributed by atoms with Crippen LogP contribution in [0.2, 0.25) is 0 Å². The summed E-state index contributed by atoms with van der Waals surface area (Å²) in [5, 5.41) is 0. The number of nitrogens with one attached hydrogen (secondary N) is 1. The molecule has 1 fully saturated rings. The highest BCUT2D eigenvalue weighted by atomic mass is 16.2. The lowest BCUT2D eigenvalue weighted by Gasteiger charge is -2.23. The first-order valence-corrected chi connectivity index (χ1v) is 5.45. The number of nitrogens with two attached hydrogens (primary N) is 1. The predicted molar refractivity (Wildman–Crippen MR) is 58.2 cm³/mol. The van der Waals surface area contributed by atoms with Crippen LogP contribution in [-0.2, 0) is 4.79 Å². The Morgan fingerprint density at radius 3 is 3.20 bits per heavy atom. The highest BCUT2D eigenvalue weighted by Crippen LogP contribution is 2.31. The second-order valence-electron chi connectivity index (χ2n) is 3.91. The van der Waals surface area contributed by atoms with E-state index in [0.29, 0.717) is 13.0 Å². The van der Waals surface area contributed by atoms with Gasteiger partial charge < -0.3 is 15.6 Å². The standard InChI is InChI=1S/C11H17N3O/c12-6-5-11(15)14-8-2-4-10(14)9-3-1-7-13-9/h1,3,7,10,13H,2,4-6,8,12H2. The number of amides is 1. The minimum atomic E-state index is 0.176. The van der Waals surface area contributed by atoms with Gasteiger partial charge in [0.1, 0.15) is 0 Å². The molecular formula is C11H17N3O. The van der Waals surface area contributed by atoms with Gasteiger partial charge in [-0.05, 0) is 25.0 Å². The maximum atomic E-state index is 11.8. The summed E-state index contributed by atoms with van der Waals surface area (Å²) in [6.45, 7) is 1.30. The molecular weight excluding hydrogens is 190 g/mol. The van der Waals surface area contributed by atoms with Gasteiger partial charge in [0.25, 0.3) is 0 Å². The van der Waals surface area contributed by atoms with Crippen LogP contribution in [0.25, 0.3) is 0 Å². The molecule has 1 amide bonds. The molecule has 0 radical (unpaired) electrons. The van der Waals surface area contributed by atoms with Crippen LogP contribution in [0.4, 0.5) is 0 Å². The summed E-state index contributed by atoms with van der Waals surface area (Å²) < 4.78 is 0. The van der Waals surface area contributed by atoms with E-state index in [0.717, 1.165) is 25.1 Å². The van der Waals surface area contributed by atoms with Crippen molar-refractivity contribution in [3.63, 3.8) is 0 Å². The van der Waals surface area contributed by atoms with Crippen molar-refractivity contribution in [3.8, 4) is 0 Å². The number of carbonyl (C=O) groups excluding carboxylic acids is 1. The van der Waals surface area contributed by atoms with Gasteiger partial charge in [0.2, 0.25) is 5.91 Å². The highest BCUT2D eigenvalue weighted by Gasteiger charge is 2.29. The molecule has 0 aromatic carbocycles. The minimum absolute atomic E-state index is 0.176. The number of H-pyrrole nitrogens is 1. The van der Waals surface area contributed by atoms with Crippen molar-refractivity contribution in [3.05, 3.63) is 24.0 Å². The summed E-state index contributed by atoms with van der Waals surface area (Å²) in [5.74, 6) is 0.176. The van der Waals surface area contributed by atoms with Crippen LogP contribution in [0, 0.1) is 0 Å². The van der Waals surface area contributed by atoms with Crippen LogP contribution in [0.15, 0.2) is 18.3 Å². The first kappa shape index (κ1) is 10.2. The Kier molecular flexibility index (Phi) is 3.06. The molecule has 2 heterocycles. The molecule has 1 unspecified atom stereocenters. The van der Waals surface area contributed by atoms with Crippen molar-refractivity contribution in [1.82, 2.24) is 9.88 Å². The van der Waals surface area contributed by atoms with Crippen LogP contribution in [-0.4, -0.2) is 28.9 Å². The molecule has 1 aliphatic rings. The molecule has 2 rings (SSSR count). The fourth-order valence-corrected chi connectivity index (χ4v) is 2.21. The average molecular weight is 207 g/mol. The van der Waals surface area contributed by atoms with Gasteiger partial charge in [-0.25, -0.2) is 0 Å². The second kappa shape index (κ2) is 4.49. The zero-order chi connectivity index (χ0) is 10.7. The number of likely N-dealkylation sites (tertiary alicyclic amines) is 1. The third-order valence-electron chi connectivity index (χ3n) is 2.91. The largest absolute Gasteiger partial charge is 0.363 e. The van der Waals surface area contributed by atoms with E-state index in [4.69, 9.17) is 5.73 Å². The molecule has 82 valence electrons. The first-order valence-electron chi connectivity index (χ1n) is 5.45. The van der Waals surface area contributed by atoms with Crippen molar-refractivity contribution in [2.75, 3.05) is 13.1 Å². The Balaban J connectivity index is 2.08. The average Bonchev–Trinajstić information content (AvgIpc) is 2.88. The van der Waals surface area contributed by atoms with Gasteiger partial charge in [-0.2, -0.15) is 0 Å². The zero-order valence-electron chi connectivity index (χ0n) is 8.78. The van der Waals surface area contributed by atoms with Crippen LogP contribution < -0.4 is 5.73 Å². The second-order valence-corrected chi connectivity index (χ2v) is 3.91. The molecule has 1 aromatic heterocycles. The van der Waals surface area contributed by atoms with Gasteiger partial charge in [0, 0.05) is 31.4 Å². The van der Waals surface area contributed by atoms with E-state index in [-0.39, 0.29) is 11.9 Å². The Hall–Kier alpha value is -1.29. The summed E-state index contributed by atoms with van der Waals surface area (Å²) in [6, 6.07) is 4.25. The van der Waals surface area contributed by atoms with E-state index in [1.54, 1.807) is 0 Å². The third-order valence-corrected chi connectivity index (χ3v) is 2.91. The van der Waals surface area contributed by atoms with E-state index >= 15 is 0 Å². The molecule has 4 heteroatoms. The maximum absolute atomic E-state index is 11.8. The van der Waals surface area contributed by atoms with Crippen molar-refractivity contribution >= 4 is 5.91 Å². The zero-order valence-corrected chi connectivity index (χ0v) is 8.78. The molecule has 4 nitrogen and oxygen atoms in total. The fourth-order valence-electron chi connectivity index (χ4n) is 2.21. The van der Waals surface area contributed by atoms with E-state index < -0.39 is 0 Å². The van der Waals surface area contributed by atoms with Gasteiger partial charge in [-0.1, -0.05) is 0 Å². The third kappa shape index (κ3) is 2.04. The monoisotopic (exact) mass is 207 g/mol. The summed E-state index contributed by atoms with van der Waals surface area (Å²) in [5.41, 5.74) is 6.54. The lowest BCUT2D eigenvalue weighted by molar-refractivity contribution is -0.131. The minimum Gasteiger partial charge on any atom is -0.363 e. The molecule has 15 heavy (non-hydrogen) atoms. The van der Waals surface area contributed by atoms with Gasteiger partial charge in [-0.3, -0.25) is 4.79 Å². The van der Waals surface area contributed by atoms with Gasteiger partial charge in [0.15, 0.2) is 0 Å². The van der Waals surface area contributed by atoms with E-state index in [2.05, 4.69) is 4.98 Å². The lowest BCUT2D eigenvalue weighted by atomic mass is 10.1. The molecule has 0 aliphatic carbocycles. The molecule has 1 aromatic rings. The number of hydrogen-bond acceptors (Lipinski definition) is 2. The smallest absolute Gasteiger partial charge is 0.224 e. The summed E-state index contributed by atoms with van der Waals surface area (Å²) in [4.78, 5) is 16.9. The molecule has 1 atom stereocenters. The molecule has 3 N–H and O–H groups in total. The number of hydrogen-bond donors (Lipinski definition) is 2. The topological polar surface area (TPSA) is 62.1 Å². The van der Waals surface area contributed by atoms with Crippen LogP contribution in [0.1, 0.15) is 31.0 Å². The van der Waals surface area contributed by atoms with Crippen molar-refractivity contribution in [2.45, 2.75) is 25.3 Å². The molecule has 1 saturated heterocycles. The van der Waals surface area contributed by atoms with E-state index in [9.17, 15) is 4.79 Å². The van der Waals surface area contributed by atoms with Gasteiger partial charge in [-0.15, -0.1) is 0 Å². The van der Waals surface area contributed by atoms with Crippen LogP contribution >= 0.6 is 0 Å². The Morgan fingerprint density at radius 1 is 1.67 bits per heavy atom. The van der Waals surface area contributed by atoms with Crippen LogP contribution in [0.5, 0.6) is 0 Å². The first-order chi connectivity index (χ1) is 7.33. The Morgan fingerprint density at radius 2 is 2.53 bits per heavy atom.